The molecule has 0 aliphatic carbocycles. The summed E-state index contributed by atoms with van der Waals surface area (Å²) in [6.07, 6.45) is 5.12. The van der Waals surface area contributed by atoms with Crippen LogP contribution in [0.4, 0.5) is 5.69 Å². The van der Waals surface area contributed by atoms with Crippen molar-refractivity contribution in [2.24, 2.45) is 0 Å². The van der Waals surface area contributed by atoms with E-state index >= 15 is 0 Å². The zero-order valence-corrected chi connectivity index (χ0v) is 28.2. The molecule has 0 aromatic heterocycles. The molecule has 248 valence electrons. The van der Waals surface area contributed by atoms with Crippen LogP contribution < -0.4 is 14.4 Å². The Hall–Kier alpha value is -3.90. The Morgan fingerprint density at radius 2 is 1.49 bits per heavy atom. The third-order valence-electron chi connectivity index (χ3n) is 9.32. The van der Waals surface area contributed by atoms with E-state index in [1.54, 1.807) is 0 Å². The number of allylic oxidation sites excluding steroid dienone is 2. The SMILES string of the molecule is CCC(/C=C1\Oc2cc3ccccc3cc2N1CCC(C)S(=O)(=O)O)=C\C1Oc2ccc3ccccc3c2C1CCC(C)S(=O)(=O)O. The third-order valence-corrected chi connectivity index (χ3v) is 11.8. The lowest BCUT2D eigenvalue weighted by Crippen LogP contribution is -2.27. The maximum Gasteiger partial charge on any atom is 0.267 e. The summed E-state index contributed by atoms with van der Waals surface area (Å²) in [5.74, 6) is 1.76. The molecule has 4 aromatic rings. The first kappa shape index (κ1) is 33.0. The molecule has 4 atom stereocenters. The first-order chi connectivity index (χ1) is 22.3. The van der Waals surface area contributed by atoms with Gasteiger partial charge in [0.1, 0.15) is 11.9 Å². The van der Waals surface area contributed by atoms with Crippen LogP contribution in [0.15, 0.2) is 96.4 Å². The summed E-state index contributed by atoms with van der Waals surface area (Å²) < 4.78 is 79.7. The Bertz CT molecular complexity index is 2110. The van der Waals surface area contributed by atoms with Crippen LogP contribution in [-0.2, 0) is 20.2 Å². The van der Waals surface area contributed by atoms with Gasteiger partial charge in [0.25, 0.3) is 20.2 Å². The fourth-order valence-electron chi connectivity index (χ4n) is 6.40. The fraction of sp³-hybridized carbons (Fsp3) is 0.333. The van der Waals surface area contributed by atoms with E-state index in [2.05, 4.69) is 0 Å². The molecule has 47 heavy (non-hydrogen) atoms. The monoisotopic (exact) mass is 677 g/mol. The molecule has 0 bridgehead atoms. The summed E-state index contributed by atoms with van der Waals surface area (Å²) >= 11 is 0. The highest BCUT2D eigenvalue weighted by Crippen LogP contribution is 2.47. The van der Waals surface area contributed by atoms with Crippen molar-refractivity contribution in [3.8, 4) is 11.5 Å². The topological polar surface area (TPSA) is 130 Å². The van der Waals surface area contributed by atoms with E-state index in [1.807, 2.05) is 96.8 Å². The summed E-state index contributed by atoms with van der Waals surface area (Å²) in [5.41, 5.74) is 2.74. The molecule has 9 nitrogen and oxygen atoms in total. The van der Waals surface area contributed by atoms with Crippen LogP contribution >= 0.6 is 0 Å². The fourth-order valence-corrected chi connectivity index (χ4v) is 7.24. The summed E-state index contributed by atoms with van der Waals surface area (Å²) in [6.45, 7) is 5.31. The second-order valence-electron chi connectivity index (χ2n) is 12.4. The van der Waals surface area contributed by atoms with Crippen molar-refractivity contribution in [1.82, 2.24) is 0 Å². The quantitative estimate of drug-likeness (QED) is 0.154. The van der Waals surface area contributed by atoms with Gasteiger partial charge >= 0.3 is 0 Å². The molecule has 2 N–H and O–H groups in total. The summed E-state index contributed by atoms with van der Waals surface area (Å²) in [5, 5.41) is 2.25. The summed E-state index contributed by atoms with van der Waals surface area (Å²) in [6, 6.07) is 23.9. The molecule has 4 unspecified atom stereocenters. The molecule has 0 spiro atoms. The number of benzene rings is 4. The van der Waals surface area contributed by atoms with E-state index in [0.29, 0.717) is 31.0 Å². The Labute approximate surface area is 276 Å². The highest BCUT2D eigenvalue weighted by molar-refractivity contribution is 7.86. The standard InChI is InChI=1S/C36H39NO8S2/c1-4-25(19-33-30(15-13-23(2)46(38,39)40)36-29-12-8-7-9-26(29)14-16-32(36)44-33)20-35-37(18-17-24(3)47(41,42)43)31-21-27-10-5-6-11-28(27)22-34(31)45-35/h5-12,14,16,19-24,30,33H,4,13,15,17-18H2,1-3H3,(H,38,39,40)(H,41,42,43)/b25-19+,35-20-. The Morgan fingerprint density at radius 3 is 2.17 bits per heavy atom. The molecule has 6 rings (SSSR count). The highest BCUT2D eigenvalue weighted by Gasteiger charge is 2.36. The zero-order valence-electron chi connectivity index (χ0n) is 26.5. The minimum atomic E-state index is -4.20. The van der Waals surface area contributed by atoms with Crippen LogP contribution in [0.1, 0.15) is 57.9 Å². The molecular formula is C36H39NO8S2. The van der Waals surface area contributed by atoms with Gasteiger partial charge in [-0.2, -0.15) is 16.8 Å². The van der Waals surface area contributed by atoms with Crippen molar-refractivity contribution in [2.45, 2.75) is 69.0 Å². The first-order valence-electron chi connectivity index (χ1n) is 15.8. The molecule has 2 aliphatic heterocycles. The lowest BCUT2D eigenvalue weighted by molar-refractivity contribution is 0.247. The number of anilines is 1. The van der Waals surface area contributed by atoms with Crippen LogP contribution in [0, 0.1) is 0 Å². The van der Waals surface area contributed by atoms with Gasteiger partial charge in [0.05, 0.1) is 16.2 Å². The second kappa shape index (κ2) is 13.0. The molecular weight excluding hydrogens is 639 g/mol. The highest BCUT2D eigenvalue weighted by atomic mass is 32.2. The molecule has 4 aromatic carbocycles. The summed E-state index contributed by atoms with van der Waals surface area (Å²) in [7, 11) is -8.39. The van der Waals surface area contributed by atoms with Gasteiger partial charge in [-0.15, -0.1) is 0 Å². The largest absolute Gasteiger partial charge is 0.485 e. The lowest BCUT2D eigenvalue weighted by Gasteiger charge is -2.21. The smallest absolute Gasteiger partial charge is 0.267 e. The number of ether oxygens (including phenoxy) is 2. The lowest BCUT2D eigenvalue weighted by atomic mass is 9.86. The van der Waals surface area contributed by atoms with E-state index in [0.717, 1.165) is 44.1 Å². The van der Waals surface area contributed by atoms with E-state index < -0.39 is 36.8 Å². The predicted molar refractivity (Wildman–Crippen MR) is 185 cm³/mol. The summed E-state index contributed by atoms with van der Waals surface area (Å²) in [4.78, 5) is 1.94. The number of rotatable bonds is 11. The van der Waals surface area contributed by atoms with Gasteiger partial charge in [0, 0.05) is 24.1 Å². The van der Waals surface area contributed by atoms with Crippen LogP contribution in [0.25, 0.3) is 21.5 Å². The molecule has 0 radical (unpaired) electrons. The maximum atomic E-state index is 11.9. The van der Waals surface area contributed by atoms with Gasteiger partial charge < -0.3 is 14.4 Å². The van der Waals surface area contributed by atoms with Crippen molar-refractivity contribution in [3.05, 3.63) is 102 Å². The zero-order chi connectivity index (χ0) is 33.5. The normalized spacial score (nSPS) is 20.2. The molecule has 2 heterocycles. The molecule has 11 heteroatoms. The average molecular weight is 678 g/mol. The minimum Gasteiger partial charge on any atom is -0.485 e. The Balaban J connectivity index is 1.37. The van der Waals surface area contributed by atoms with Gasteiger partial charge in [-0.05, 0) is 90.9 Å². The second-order valence-corrected chi connectivity index (χ2v) is 16.1. The van der Waals surface area contributed by atoms with Crippen LogP contribution in [0.2, 0.25) is 0 Å². The van der Waals surface area contributed by atoms with Gasteiger partial charge in [-0.3, -0.25) is 9.11 Å². The number of nitrogens with zero attached hydrogens (tertiary/aromatic N) is 1. The molecule has 2 aliphatic rings. The van der Waals surface area contributed by atoms with E-state index in [9.17, 15) is 25.9 Å². The van der Waals surface area contributed by atoms with Gasteiger partial charge in [-0.25, -0.2) is 0 Å². The molecule has 0 amide bonds. The van der Waals surface area contributed by atoms with Gasteiger partial charge in [-0.1, -0.05) is 61.5 Å². The van der Waals surface area contributed by atoms with Gasteiger partial charge in [0.2, 0.25) is 5.88 Å². The predicted octanol–water partition coefficient (Wildman–Crippen LogP) is 7.64. The number of hydrogen-bond acceptors (Lipinski definition) is 7. The van der Waals surface area contributed by atoms with Gasteiger partial charge in [0.15, 0.2) is 5.75 Å². The first-order valence-corrected chi connectivity index (χ1v) is 18.9. The van der Waals surface area contributed by atoms with Crippen molar-refractivity contribution >= 4 is 47.5 Å². The third kappa shape index (κ3) is 6.89. The van der Waals surface area contributed by atoms with Crippen molar-refractivity contribution < 1.29 is 35.4 Å². The molecule has 0 saturated carbocycles. The van der Waals surface area contributed by atoms with Crippen LogP contribution in [-0.4, -0.2) is 49.1 Å². The minimum absolute atomic E-state index is 0.168. The van der Waals surface area contributed by atoms with Crippen LogP contribution in [0.5, 0.6) is 11.5 Å². The van der Waals surface area contributed by atoms with Crippen molar-refractivity contribution in [1.29, 1.82) is 0 Å². The Kier molecular flexibility index (Phi) is 9.10. The average Bonchev–Trinajstić information content (AvgIpc) is 3.56. The van der Waals surface area contributed by atoms with Crippen molar-refractivity contribution in [3.63, 3.8) is 0 Å². The number of hydrogen-bond donors (Lipinski definition) is 2. The van der Waals surface area contributed by atoms with E-state index in [1.165, 1.54) is 13.8 Å². The van der Waals surface area contributed by atoms with E-state index in [4.69, 9.17) is 9.47 Å². The number of fused-ring (bicyclic) bond motifs is 5. The van der Waals surface area contributed by atoms with Crippen LogP contribution in [0.3, 0.4) is 0 Å². The van der Waals surface area contributed by atoms with Crippen molar-refractivity contribution in [2.75, 3.05) is 11.4 Å². The Morgan fingerprint density at radius 1 is 0.851 bits per heavy atom. The molecule has 0 saturated heterocycles. The molecule has 0 fully saturated rings. The van der Waals surface area contributed by atoms with E-state index in [-0.39, 0.29) is 18.8 Å². The maximum absolute atomic E-state index is 11.9.